The van der Waals surface area contributed by atoms with Gasteiger partial charge < -0.3 is 5.73 Å². The third-order valence-electron chi connectivity index (χ3n) is 4.75. The fourth-order valence-electron chi connectivity index (χ4n) is 3.42. The molecule has 24 heavy (non-hydrogen) atoms. The molecule has 0 fully saturated rings. The molecule has 3 nitrogen and oxygen atoms in total. The van der Waals surface area contributed by atoms with Crippen molar-refractivity contribution in [2.75, 3.05) is 13.6 Å². The largest absolute Gasteiger partial charge is 0.383 e. The number of hydrogen-bond acceptors (Lipinski definition) is 3. The van der Waals surface area contributed by atoms with Gasteiger partial charge in [0, 0.05) is 23.0 Å². The molecule has 0 bridgehead atoms. The Morgan fingerprint density at radius 2 is 2.08 bits per heavy atom. The molecule has 0 saturated heterocycles. The zero-order valence-electron chi connectivity index (χ0n) is 14.4. The smallest absolute Gasteiger partial charge is 0.132 e. The molecule has 1 unspecified atom stereocenters. The summed E-state index contributed by atoms with van der Waals surface area (Å²) in [6.07, 6.45) is 3.45. The van der Waals surface area contributed by atoms with Crippen molar-refractivity contribution in [3.63, 3.8) is 0 Å². The maximum atomic E-state index is 6.22. The van der Waals surface area contributed by atoms with Gasteiger partial charge in [-0.05, 0) is 49.2 Å². The van der Waals surface area contributed by atoms with Gasteiger partial charge in [-0.25, -0.2) is 4.99 Å². The van der Waals surface area contributed by atoms with Crippen molar-refractivity contribution in [2.45, 2.75) is 37.1 Å². The number of nitrogens with two attached hydrogens (primary N) is 1. The number of thiol groups is 1. The van der Waals surface area contributed by atoms with E-state index in [4.69, 9.17) is 5.73 Å². The highest BCUT2D eigenvalue weighted by atomic mass is 32.1. The molecule has 2 aromatic carbocycles. The van der Waals surface area contributed by atoms with Crippen molar-refractivity contribution in [2.24, 2.45) is 10.7 Å². The van der Waals surface area contributed by atoms with Crippen LogP contribution >= 0.6 is 12.6 Å². The van der Waals surface area contributed by atoms with Gasteiger partial charge in [-0.3, -0.25) is 4.90 Å². The van der Waals surface area contributed by atoms with Crippen LogP contribution in [0.4, 0.5) is 5.69 Å². The Bertz CT molecular complexity index is 754. The van der Waals surface area contributed by atoms with Gasteiger partial charge in [-0.15, -0.1) is 12.6 Å². The van der Waals surface area contributed by atoms with Gasteiger partial charge in [0.1, 0.15) is 5.84 Å². The van der Waals surface area contributed by atoms with Crippen molar-refractivity contribution >= 4 is 24.2 Å². The van der Waals surface area contributed by atoms with Crippen molar-refractivity contribution in [3.05, 3.63) is 59.2 Å². The van der Waals surface area contributed by atoms with Crippen molar-refractivity contribution < 1.29 is 0 Å². The molecule has 3 rings (SSSR count). The number of likely N-dealkylation sites (N-methyl/N-ethyl adjacent to an activating group) is 1. The molecule has 1 aliphatic rings. The van der Waals surface area contributed by atoms with Crippen LogP contribution in [0.25, 0.3) is 0 Å². The Morgan fingerprint density at radius 3 is 2.83 bits per heavy atom. The molecule has 1 atom stereocenters. The zero-order valence-corrected chi connectivity index (χ0v) is 15.3. The molecule has 0 aliphatic carbocycles. The van der Waals surface area contributed by atoms with Gasteiger partial charge in [-0.1, -0.05) is 37.6 Å². The fraction of sp³-hybridized carbons (Fsp3) is 0.350. The highest BCUT2D eigenvalue weighted by Crippen LogP contribution is 2.34. The Hall–Kier alpha value is -1.78. The lowest BCUT2D eigenvalue weighted by atomic mass is 9.90. The molecule has 2 aromatic rings. The Labute approximate surface area is 150 Å². The predicted molar refractivity (Wildman–Crippen MR) is 105 cm³/mol. The summed E-state index contributed by atoms with van der Waals surface area (Å²) in [6, 6.07) is 14.8. The summed E-state index contributed by atoms with van der Waals surface area (Å²) in [4.78, 5) is 7.94. The number of rotatable bonds is 4. The molecule has 4 heteroatoms. The third kappa shape index (κ3) is 3.50. The predicted octanol–water partition coefficient (Wildman–Crippen LogP) is 4.34. The van der Waals surface area contributed by atoms with Crippen LogP contribution in [0.3, 0.4) is 0 Å². The number of fused-ring (bicyclic) bond motifs is 1. The Kier molecular flexibility index (Phi) is 5.27. The molecule has 1 heterocycles. The quantitative estimate of drug-likeness (QED) is 0.494. The summed E-state index contributed by atoms with van der Waals surface area (Å²) >= 11 is 4.47. The standard InChI is InChI=1S/C20H25N3S/c1-3-6-18-17-13-15(10-9-14(17)11-12-23(18)2)22-20(21)16-7-4-5-8-19(16)24/h4-5,7-10,13,18,24H,3,6,11-12H2,1-2H3,(H2,21,22). The summed E-state index contributed by atoms with van der Waals surface area (Å²) in [5.74, 6) is 0.511. The van der Waals surface area contributed by atoms with Gasteiger partial charge in [-0.2, -0.15) is 0 Å². The molecular weight excluding hydrogens is 314 g/mol. The minimum absolute atomic E-state index is 0.479. The maximum Gasteiger partial charge on any atom is 0.132 e. The number of aliphatic imine (C=N–C) groups is 1. The van der Waals surface area contributed by atoms with Gasteiger partial charge in [0.15, 0.2) is 0 Å². The van der Waals surface area contributed by atoms with E-state index in [0.29, 0.717) is 11.9 Å². The Balaban J connectivity index is 1.96. The normalized spacial score (nSPS) is 18.5. The molecule has 1 aliphatic heterocycles. The van der Waals surface area contributed by atoms with Crippen LogP contribution < -0.4 is 5.73 Å². The molecule has 2 N–H and O–H groups in total. The minimum Gasteiger partial charge on any atom is -0.383 e. The first-order chi connectivity index (χ1) is 11.6. The van der Waals surface area contributed by atoms with Crippen LogP contribution in [0.1, 0.15) is 42.5 Å². The summed E-state index contributed by atoms with van der Waals surface area (Å²) in [5, 5.41) is 0. The van der Waals surface area contributed by atoms with E-state index in [-0.39, 0.29) is 0 Å². The first kappa shape index (κ1) is 17.1. The van der Waals surface area contributed by atoms with Gasteiger partial charge in [0.05, 0.1) is 5.69 Å². The van der Waals surface area contributed by atoms with Gasteiger partial charge in [0.25, 0.3) is 0 Å². The monoisotopic (exact) mass is 339 g/mol. The molecule has 126 valence electrons. The van der Waals surface area contributed by atoms with Crippen LogP contribution in [0.15, 0.2) is 52.4 Å². The Morgan fingerprint density at radius 1 is 1.29 bits per heavy atom. The topological polar surface area (TPSA) is 41.6 Å². The van der Waals surface area contributed by atoms with Crippen molar-refractivity contribution in [1.29, 1.82) is 0 Å². The van der Waals surface area contributed by atoms with E-state index in [2.05, 4.69) is 54.7 Å². The summed E-state index contributed by atoms with van der Waals surface area (Å²) in [6.45, 7) is 3.36. The van der Waals surface area contributed by atoms with E-state index in [1.54, 1.807) is 0 Å². The van der Waals surface area contributed by atoms with E-state index in [9.17, 15) is 0 Å². The second-order valence-electron chi connectivity index (χ2n) is 6.43. The van der Waals surface area contributed by atoms with Crippen LogP contribution in [-0.4, -0.2) is 24.3 Å². The summed E-state index contributed by atoms with van der Waals surface area (Å²) < 4.78 is 0. The highest BCUT2D eigenvalue weighted by molar-refractivity contribution is 7.80. The molecule has 0 radical (unpaired) electrons. The second kappa shape index (κ2) is 7.41. The minimum atomic E-state index is 0.479. The van der Waals surface area contributed by atoms with Crippen molar-refractivity contribution in [3.8, 4) is 0 Å². The van der Waals surface area contributed by atoms with Crippen LogP contribution in [0, 0.1) is 0 Å². The van der Waals surface area contributed by atoms with Crippen LogP contribution in [0.5, 0.6) is 0 Å². The zero-order chi connectivity index (χ0) is 17.1. The number of benzene rings is 2. The SMILES string of the molecule is CCCC1c2cc(N=C(N)c3ccccc3S)ccc2CCN1C. The average molecular weight is 340 g/mol. The van der Waals surface area contributed by atoms with Crippen LogP contribution in [0.2, 0.25) is 0 Å². The van der Waals surface area contributed by atoms with E-state index in [1.807, 2.05) is 24.3 Å². The first-order valence-electron chi connectivity index (χ1n) is 8.55. The van der Waals surface area contributed by atoms with Crippen molar-refractivity contribution in [1.82, 2.24) is 4.90 Å². The van der Waals surface area contributed by atoms with E-state index in [0.717, 1.165) is 29.1 Å². The number of hydrogen-bond donors (Lipinski definition) is 2. The summed E-state index contributed by atoms with van der Waals surface area (Å²) in [7, 11) is 2.21. The molecule has 0 spiro atoms. The molecular formula is C20H25N3S. The first-order valence-corrected chi connectivity index (χ1v) is 9.00. The van der Waals surface area contributed by atoms with Gasteiger partial charge in [0.2, 0.25) is 0 Å². The molecule has 0 aromatic heterocycles. The summed E-state index contributed by atoms with van der Waals surface area (Å²) in [5.41, 5.74) is 10.9. The highest BCUT2D eigenvalue weighted by Gasteiger charge is 2.24. The van der Waals surface area contributed by atoms with E-state index < -0.39 is 0 Å². The number of amidine groups is 1. The van der Waals surface area contributed by atoms with Crippen LogP contribution in [-0.2, 0) is 6.42 Å². The van der Waals surface area contributed by atoms with E-state index in [1.165, 1.54) is 24.0 Å². The molecule has 0 saturated carbocycles. The fourth-order valence-corrected chi connectivity index (χ4v) is 3.69. The lowest BCUT2D eigenvalue weighted by molar-refractivity contribution is 0.218. The lowest BCUT2D eigenvalue weighted by Crippen LogP contribution is -2.32. The second-order valence-corrected chi connectivity index (χ2v) is 6.91. The maximum absolute atomic E-state index is 6.22. The molecule has 0 amide bonds. The number of nitrogens with zero attached hydrogens (tertiary/aromatic N) is 2. The van der Waals surface area contributed by atoms with Gasteiger partial charge >= 0.3 is 0 Å². The third-order valence-corrected chi connectivity index (χ3v) is 5.14. The average Bonchev–Trinajstić information content (AvgIpc) is 2.58. The lowest BCUT2D eigenvalue weighted by Gasteiger charge is -2.34. The van der Waals surface area contributed by atoms with E-state index >= 15 is 0 Å².